The molecule has 1 aromatic carbocycles. The molecular formula is C16H24O2. The second-order valence-electron chi connectivity index (χ2n) is 5.97. The predicted molar refractivity (Wildman–Crippen MR) is 74.5 cm³/mol. The van der Waals surface area contributed by atoms with Crippen LogP contribution in [-0.4, -0.2) is 18.8 Å². The number of hydrogen-bond acceptors (Lipinski definition) is 2. The maximum Gasteiger partial charge on any atom is 0.123 e. The van der Waals surface area contributed by atoms with Crippen LogP contribution in [0.15, 0.2) is 6.07 Å². The number of ether oxygens (including phenoxy) is 1. The van der Waals surface area contributed by atoms with Crippen molar-refractivity contribution in [2.24, 2.45) is 0 Å². The van der Waals surface area contributed by atoms with Crippen LogP contribution >= 0.6 is 0 Å². The normalized spacial score (nSPS) is 15.4. The zero-order valence-electron chi connectivity index (χ0n) is 12.0. The summed E-state index contributed by atoms with van der Waals surface area (Å²) in [6, 6.07) is 2.19. The third kappa shape index (κ3) is 2.14. The van der Waals surface area contributed by atoms with E-state index in [-0.39, 0.29) is 12.0 Å². The molecular weight excluding hydrogens is 224 g/mol. The molecule has 0 saturated carbocycles. The maximum absolute atomic E-state index is 9.64. The minimum Gasteiger partial charge on any atom is -0.496 e. The lowest BCUT2D eigenvalue weighted by atomic mass is 9.77. The van der Waals surface area contributed by atoms with Gasteiger partial charge >= 0.3 is 0 Å². The first-order chi connectivity index (χ1) is 8.51. The first kappa shape index (κ1) is 13.4. The van der Waals surface area contributed by atoms with E-state index in [1.54, 1.807) is 7.11 Å². The molecule has 1 N–H and O–H groups in total. The lowest BCUT2D eigenvalue weighted by Crippen LogP contribution is -2.25. The van der Waals surface area contributed by atoms with Gasteiger partial charge in [-0.25, -0.2) is 0 Å². The fourth-order valence-corrected chi connectivity index (χ4v) is 3.16. The summed E-state index contributed by atoms with van der Waals surface area (Å²) in [5.41, 5.74) is 5.17. The highest BCUT2D eigenvalue weighted by molar-refractivity contribution is 5.53. The third-order valence-electron chi connectivity index (χ3n) is 4.18. The summed E-state index contributed by atoms with van der Waals surface area (Å²) >= 11 is 0. The van der Waals surface area contributed by atoms with Gasteiger partial charge in [-0.3, -0.25) is 0 Å². The van der Waals surface area contributed by atoms with Gasteiger partial charge in [0.05, 0.1) is 13.7 Å². The van der Waals surface area contributed by atoms with Gasteiger partial charge in [0.15, 0.2) is 0 Å². The molecule has 2 nitrogen and oxygen atoms in total. The van der Waals surface area contributed by atoms with Gasteiger partial charge in [-0.15, -0.1) is 0 Å². The lowest BCUT2D eigenvalue weighted by molar-refractivity contribution is 0.214. The van der Waals surface area contributed by atoms with E-state index in [2.05, 4.69) is 26.8 Å². The Balaban J connectivity index is 2.64. The Morgan fingerprint density at radius 3 is 2.56 bits per heavy atom. The van der Waals surface area contributed by atoms with Gasteiger partial charge in [-0.05, 0) is 55.4 Å². The molecule has 2 rings (SSSR count). The first-order valence-electron chi connectivity index (χ1n) is 6.82. The summed E-state index contributed by atoms with van der Waals surface area (Å²) in [6.45, 7) is 6.47. The Hall–Kier alpha value is -1.02. The summed E-state index contributed by atoms with van der Waals surface area (Å²) in [4.78, 5) is 0. The summed E-state index contributed by atoms with van der Waals surface area (Å²) < 4.78 is 5.57. The van der Waals surface area contributed by atoms with E-state index in [1.165, 1.54) is 41.5 Å². The van der Waals surface area contributed by atoms with Crippen molar-refractivity contribution in [3.8, 4) is 5.75 Å². The average Bonchev–Trinajstić information content (AvgIpc) is 2.38. The number of benzene rings is 1. The van der Waals surface area contributed by atoms with Crippen molar-refractivity contribution < 1.29 is 9.84 Å². The highest BCUT2D eigenvalue weighted by Gasteiger charge is 2.28. The van der Waals surface area contributed by atoms with Gasteiger partial charge in [-0.2, -0.15) is 0 Å². The molecule has 1 aliphatic carbocycles. The third-order valence-corrected chi connectivity index (χ3v) is 4.18. The number of rotatable bonds is 3. The van der Waals surface area contributed by atoms with Crippen molar-refractivity contribution in [2.45, 2.75) is 51.9 Å². The second-order valence-corrected chi connectivity index (χ2v) is 5.97. The Morgan fingerprint density at radius 2 is 1.94 bits per heavy atom. The quantitative estimate of drug-likeness (QED) is 0.890. The van der Waals surface area contributed by atoms with Crippen molar-refractivity contribution in [2.75, 3.05) is 13.7 Å². The standard InChI is InChI=1S/C16H24O2/c1-11-13-8-6-5-7-12(13)9-14(18-4)15(11)16(2,3)10-17/h9,17H,5-8,10H2,1-4H3. The van der Waals surface area contributed by atoms with E-state index >= 15 is 0 Å². The van der Waals surface area contributed by atoms with Gasteiger partial charge in [0, 0.05) is 11.0 Å². The monoisotopic (exact) mass is 248 g/mol. The molecule has 0 aromatic heterocycles. The molecule has 0 radical (unpaired) electrons. The van der Waals surface area contributed by atoms with Gasteiger partial charge in [0.25, 0.3) is 0 Å². The molecule has 0 amide bonds. The summed E-state index contributed by atoms with van der Waals surface area (Å²) in [5.74, 6) is 0.937. The zero-order chi connectivity index (χ0) is 13.3. The SMILES string of the molecule is COc1cc2c(c(C)c1C(C)(C)CO)CCCC2. The molecule has 18 heavy (non-hydrogen) atoms. The smallest absolute Gasteiger partial charge is 0.123 e. The van der Waals surface area contributed by atoms with E-state index < -0.39 is 0 Å². The van der Waals surface area contributed by atoms with E-state index in [0.717, 1.165) is 12.2 Å². The number of fused-ring (bicyclic) bond motifs is 1. The molecule has 100 valence electrons. The number of methoxy groups -OCH3 is 1. The summed E-state index contributed by atoms with van der Waals surface area (Å²) in [7, 11) is 1.72. The topological polar surface area (TPSA) is 29.5 Å². The largest absolute Gasteiger partial charge is 0.496 e. The fraction of sp³-hybridized carbons (Fsp3) is 0.625. The Labute approximate surface area is 110 Å². The van der Waals surface area contributed by atoms with Crippen molar-refractivity contribution in [3.63, 3.8) is 0 Å². The van der Waals surface area contributed by atoms with Crippen molar-refractivity contribution in [3.05, 3.63) is 28.3 Å². The van der Waals surface area contributed by atoms with E-state index in [1.807, 2.05) is 0 Å². The van der Waals surface area contributed by atoms with Crippen LogP contribution in [0, 0.1) is 6.92 Å². The lowest BCUT2D eigenvalue weighted by Gasteiger charge is -2.30. The number of aryl methyl sites for hydroxylation is 1. The Bertz CT molecular complexity index is 447. The van der Waals surface area contributed by atoms with Gasteiger partial charge in [0.1, 0.15) is 5.75 Å². The molecule has 0 spiro atoms. The number of aliphatic hydroxyl groups is 1. The molecule has 0 unspecified atom stereocenters. The zero-order valence-corrected chi connectivity index (χ0v) is 12.0. The van der Waals surface area contributed by atoms with Gasteiger partial charge in [0.2, 0.25) is 0 Å². The summed E-state index contributed by atoms with van der Waals surface area (Å²) in [5, 5.41) is 9.64. The highest BCUT2D eigenvalue weighted by atomic mass is 16.5. The van der Waals surface area contributed by atoms with E-state index in [0.29, 0.717) is 0 Å². The van der Waals surface area contributed by atoms with Gasteiger partial charge < -0.3 is 9.84 Å². The molecule has 0 bridgehead atoms. The maximum atomic E-state index is 9.64. The van der Waals surface area contributed by atoms with E-state index in [4.69, 9.17) is 4.74 Å². The second kappa shape index (κ2) is 4.93. The van der Waals surface area contributed by atoms with Gasteiger partial charge in [-0.1, -0.05) is 13.8 Å². The van der Waals surface area contributed by atoms with Crippen LogP contribution in [0.3, 0.4) is 0 Å². The Morgan fingerprint density at radius 1 is 1.28 bits per heavy atom. The highest BCUT2D eigenvalue weighted by Crippen LogP contribution is 2.39. The van der Waals surface area contributed by atoms with Crippen molar-refractivity contribution >= 4 is 0 Å². The Kier molecular flexibility index (Phi) is 3.67. The molecule has 0 heterocycles. The number of aliphatic hydroxyl groups excluding tert-OH is 1. The van der Waals surface area contributed by atoms with Crippen LogP contribution in [-0.2, 0) is 18.3 Å². The van der Waals surface area contributed by atoms with E-state index in [9.17, 15) is 5.11 Å². The van der Waals surface area contributed by atoms with Crippen LogP contribution in [0.4, 0.5) is 0 Å². The number of hydrogen-bond donors (Lipinski definition) is 1. The molecule has 1 aliphatic rings. The van der Waals surface area contributed by atoms with Crippen LogP contribution < -0.4 is 4.74 Å². The van der Waals surface area contributed by atoms with Crippen LogP contribution in [0.1, 0.15) is 48.9 Å². The molecule has 2 heteroatoms. The summed E-state index contributed by atoms with van der Waals surface area (Å²) in [6.07, 6.45) is 4.88. The predicted octanol–water partition coefficient (Wildman–Crippen LogP) is 3.15. The average molecular weight is 248 g/mol. The minimum atomic E-state index is -0.248. The van der Waals surface area contributed by atoms with Crippen LogP contribution in [0.25, 0.3) is 0 Å². The minimum absolute atomic E-state index is 0.142. The molecule has 0 saturated heterocycles. The molecule has 0 aliphatic heterocycles. The molecule has 0 fully saturated rings. The molecule has 1 aromatic rings. The first-order valence-corrected chi connectivity index (χ1v) is 6.82. The van der Waals surface area contributed by atoms with Crippen molar-refractivity contribution in [1.82, 2.24) is 0 Å². The van der Waals surface area contributed by atoms with Crippen LogP contribution in [0.2, 0.25) is 0 Å². The van der Waals surface area contributed by atoms with Crippen LogP contribution in [0.5, 0.6) is 5.75 Å². The molecule has 0 atom stereocenters. The van der Waals surface area contributed by atoms with Crippen molar-refractivity contribution in [1.29, 1.82) is 0 Å². The fourth-order valence-electron chi connectivity index (χ4n) is 3.16.